The summed E-state index contributed by atoms with van der Waals surface area (Å²) in [7, 11) is -0.294. The van der Waals surface area contributed by atoms with E-state index in [2.05, 4.69) is 39.2 Å². The summed E-state index contributed by atoms with van der Waals surface area (Å²) >= 11 is 5.84. The highest BCUT2D eigenvalue weighted by Crippen LogP contribution is 2.38. The van der Waals surface area contributed by atoms with E-state index >= 15 is 0 Å². The molecule has 4 nitrogen and oxygen atoms in total. The minimum atomic E-state index is -1.97. The van der Waals surface area contributed by atoms with Gasteiger partial charge in [-0.15, -0.1) is 0 Å². The summed E-state index contributed by atoms with van der Waals surface area (Å²) in [6, 6.07) is 3.89. The van der Waals surface area contributed by atoms with Crippen LogP contribution in [0.4, 0.5) is 10.1 Å². The van der Waals surface area contributed by atoms with Crippen molar-refractivity contribution in [2.45, 2.75) is 57.5 Å². The first-order valence-corrected chi connectivity index (χ1v) is 11.9. The Morgan fingerprint density at radius 2 is 2.04 bits per heavy atom. The van der Waals surface area contributed by atoms with Gasteiger partial charge in [-0.05, 0) is 49.3 Å². The average Bonchev–Trinajstić information content (AvgIpc) is 2.94. The van der Waals surface area contributed by atoms with E-state index < -0.39 is 20.2 Å². The number of nitrogens with zero attached hydrogens (tertiary/aromatic N) is 1. The number of nitrogens with one attached hydrogen (secondary N) is 1. The fourth-order valence-electron chi connectivity index (χ4n) is 2.64. The lowest BCUT2D eigenvalue weighted by molar-refractivity contribution is -0.121. The Balaban J connectivity index is 2.15. The average molecular weight is 387 g/mol. The molecule has 0 radical (unpaired) electrons. The SMILES string of the molecule is CN(C(=O)[C@H]1NCC[C@H]1O[Si](C)(C)C(C)(C)C)c1ccc(F)c(Cl)c1. The molecule has 1 aliphatic rings. The molecule has 1 N–H and O–H groups in total. The molecule has 0 saturated carbocycles. The van der Waals surface area contributed by atoms with E-state index in [0.29, 0.717) is 5.69 Å². The van der Waals surface area contributed by atoms with Gasteiger partial charge in [0.2, 0.25) is 5.91 Å². The van der Waals surface area contributed by atoms with Crippen LogP contribution in [0.2, 0.25) is 23.2 Å². The smallest absolute Gasteiger partial charge is 0.246 e. The van der Waals surface area contributed by atoms with Gasteiger partial charge in [0.25, 0.3) is 0 Å². The summed E-state index contributed by atoms with van der Waals surface area (Å²) in [4.78, 5) is 14.5. The van der Waals surface area contributed by atoms with Crippen molar-refractivity contribution in [3.8, 4) is 0 Å². The second-order valence-electron chi connectivity index (χ2n) is 8.13. The first-order valence-electron chi connectivity index (χ1n) is 8.58. The predicted octanol–water partition coefficient (Wildman–Crippen LogP) is 4.19. The molecule has 2 rings (SSSR count). The van der Waals surface area contributed by atoms with E-state index in [-0.39, 0.29) is 22.1 Å². The topological polar surface area (TPSA) is 41.6 Å². The third kappa shape index (κ3) is 4.42. The fraction of sp³-hybridized carbons (Fsp3) is 0.611. The Labute approximate surface area is 155 Å². The number of rotatable bonds is 4. The van der Waals surface area contributed by atoms with Gasteiger partial charge in [0.05, 0.1) is 11.1 Å². The zero-order chi connectivity index (χ0) is 19.0. The van der Waals surface area contributed by atoms with Gasteiger partial charge in [0.15, 0.2) is 8.32 Å². The molecule has 7 heteroatoms. The zero-order valence-corrected chi connectivity index (χ0v) is 17.6. The number of halogens is 2. The predicted molar refractivity (Wildman–Crippen MR) is 103 cm³/mol. The van der Waals surface area contributed by atoms with Crippen LogP contribution in [0.25, 0.3) is 0 Å². The van der Waals surface area contributed by atoms with Crippen molar-refractivity contribution in [3.05, 3.63) is 29.0 Å². The number of anilines is 1. The van der Waals surface area contributed by atoms with Crippen molar-refractivity contribution in [2.24, 2.45) is 0 Å². The van der Waals surface area contributed by atoms with Crippen molar-refractivity contribution in [1.29, 1.82) is 0 Å². The zero-order valence-electron chi connectivity index (χ0n) is 15.8. The van der Waals surface area contributed by atoms with E-state index in [0.717, 1.165) is 13.0 Å². The van der Waals surface area contributed by atoms with Crippen LogP contribution in [-0.2, 0) is 9.22 Å². The number of likely N-dealkylation sites (N-methyl/N-ethyl adjacent to an activating group) is 1. The van der Waals surface area contributed by atoms with Crippen molar-refractivity contribution >= 4 is 31.5 Å². The van der Waals surface area contributed by atoms with E-state index in [1.54, 1.807) is 13.1 Å². The Morgan fingerprint density at radius 3 is 2.60 bits per heavy atom. The highest BCUT2D eigenvalue weighted by molar-refractivity contribution is 6.74. The molecule has 0 bridgehead atoms. The molecule has 1 aliphatic heterocycles. The quantitative estimate of drug-likeness (QED) is 0.788. The summed E-state index contributed by atoms with van der Waals surface area (Å²) in [5, 5.41) is 3.34. The fourth-order valence-corrected chi connectivity index (χ4v) is 4.18. The Hall–Kier alpha value is -0.953. The number of benzene rings is 1. The molecule has 1 aromatic carbocycles. The van der Waals surface area contributed by atoms with Gasteiger partial charge in [-0.1, -0.05) is 32.4 Å². The molecular formula is C18H28ClFN2O2Si. The molecule has 0 aromatic heterocycles. The highest BCUT2D eigenvalue weighted by Gasteiger charge is 2.44. The normalized spacial score (nSPS) is 21.4. The molecule has 140 valence electrons. The first kappa shape index (κ1) is 20.4. The van der Waals surface area contributed by atoms with E-state index in [1.807, 2.05) is 0 Å². The molecular weight excluding hydrogens is 359 g/mol. The molecule has 1 fully saturated rings. The van der Waals surface area contributed by atoms with Crippen LogP contribution in [0.5, 0.6) is 0 Å². The first-order chi connectivity index (χ1) is 11.4. The molecule has 2 atom stereocenters. The third-order valence-electron chi connectivity index (χ3n) is 5.30. The molecule has 25 heavy (non-hydrogen) atoms. The van der Waals surface area contributed by atoms with Crippen molar-refractivity contribution in [3.63, 3.8) is 0 Å². The maximum atomic E-state index is 13.4. The van der Waals surface area contributed by atoms with Crippen molar-refractivity contribution < 1.29 is 13.6 Å². The second kappa shape index (κ2) is 7.35. The Morgan fingerprint density at radius 1 is 1.40 bits per heavy atom. The van der Waals surface area contributed by atoms with Crippen LogP contribution in [-0.4, -0.2) is 40.0 Å². The largest absolute Gasteiger partial charge is 0.412 e. The molecule has 0 aliphatic carbocycles. The maximum Gasteiger partial charge on any atom is 0.246 e. The molecule has 1 saturated heterocycles. The van der Waals surface area contributed by atoms with Crippen LogP contribution in [0, 0.1) is 5.82 Å². The number of amides is 1. The van der Waals surface area contributed by atoms with Crippen LogP contribution in [0.1, 0.15) is 27.2 Å². The van der Waals surface area contributed by atoms with Gasteiger partial charge in [0.1, 0.15) is 11.9 Å². The monoisotopic (exact) mass is 386 g/mol. The lowest BCUT2D eigenvalue weighted by Gasteiger charge is -2.39. The Bertz CT molecular complexity index is 648. The standard InChI is InChI=1S/C18H28ClFN2O2Si/c1-18(2,3)25(5,6)24-15-9-10-21-16(15)17(23)22(4)12-7-8-14(20)13(19)11-12/h7-8,11,15-16,21H,9-10H2,1-6H3/t15-,16+/m1/s1. The summed E-state index contributed by atoms with van der Waals surface area (Å²) < 4.78 is 19.8. The second-order valence-corrected chi connectivity index (χ2v) is 13.3. The van der Waals surface area contributed by atoms with E-state index in [9.17, 15) is 9.18 Å². The van der Waals surface area contributed by atoms with E-state index in [4.69, 9.17) is 16.0 Å². The number of hydrogen-bond donors (Lipinski definition) is 1. The van der Waals surface area contributed by atoms with Crippen LogP contribution >= 0.6 is 11.6 Å². The summed E-state index contributed by atoms with van der Waals surface area (Å²) in [6.07, 6.45) is 0.660. The third-order valence-corrected chi connectivity index (χ3v) is 10.1. The summed E-state index contributed by atoms with van der Waals surface area (Å²) in [6.45, 7) is 11.7. The van der Waals surface area contributed by atoms with Crippen molar-refractivity contribution in [2.75, 3.05) is 18.5 Å². The minimum Gasteiger partial charge on any atom is -0.412 e. The summed E-state index contributed by atoms with van der Waals surface area (Å²) in [5.74, 6) is -0.590. The molecule has 0 spiro atoms. The van der Waals surface area contributed by atoms with Crippen LogP contribution in [0.3, 0.4) is 0 Å². The van der Waals surface area contributed by atoms with Gasteiger partial charge < -0.3 is 14.6 Å². The van der Waals surface area contributed by atoms with Crippen molar-refractivity contribution in [1.82, 2.24) is 5.32 Å². The highest BCUT2D eigenvalue weighted by atomic mass is 35.5. The molecule has 1 heterocycles. The summed E-state index contributed by atoms with van der Waals surface area (Å²) in [5.41, 5.74) is 0.566. The van der Waals surface area contributed by atoms with Crippen LogP contribution in [0.15, 0.2) is 18.2 Å². The van der Waals surface area contributed by atoms with Crippen LogP contribution < -0.4 is 10.2 Å². The van der Waals surface area contributed by atoms with Gasteiger partial charge in [-0.25, -0.2) is 4.39 Å². The van der Waals surface area contributed by atoms with Gasteiger partial charge >= 0.3 is 0 Å². The molecule has 1 aromatic rings. The number of carbonyl (C=O) groups is 1. The van der Waals surface area contributed by atoms with Gasteiger partial charge in [-0.3, -0.25) is 4.79 Å². The lowest BCUT2D eigenvalue weighted by atomic mass is 10.1. The maximum absolute atomic E-state index is 13.4. The Kier molecular flexibility index (Phi) is 5.98. The number of carbonyl (C=O) groups excluding carboxylic acids is 1. The van der Waals surface area contributed by atoms with E-state index in [1.165, 1.54) is 17.0 Å². The van der Waals surface area contributed by atoms with Gasteiger partial charge in [-0.2, -0.15) is 0 Å². The van der Waals surface area contributed by atoms with Gasteiger partial charge in [0, 0.05) is 12.7 Å². The number of hydrogen-bond acceptors (Lipinski definition) is 3. The molecule has 1 amide bonds. The molecule has 0 unspecified atom stereocenters. The minimum absolute atomic E-state index is 0.00519. The lowest BCUT2D eigenvalue weighted by Crippen LogP contribution is -2.52.